The fourth-order valence-electron chi connectivity index (χ4n) is 4.39. The minimum atomic E-state index is -2.86. The number of ether oxygens (including phenoxy) is 1. The third-order valence-electron chi connectivity index (χ3n) is 6.47. The van der Waals surface area contributed by atoms with E-state index in [0.717, 1.165) is 30.6 Å². The molecule has 0 aromatic carbocycles. The summed E-state index contributed by atoms with van der Waals surface area (Å²) in [5.74, 6) is -3.09. The Kier molecular flexibility index (Phi) is 7.80. The van der Waals surface area contributed by atoms with E-state index < -0.39 is 29.8 Å². The number of nitrogens with zero attached hydrogens (tertiary/aromatic N) is 1. The fraction of sp³-hybridized carbons (Fsp3) is 0.542. The Hall–Kier alpha value is -2.46. The summed E-state index contributed by atoms with van der Waals surface area (Å²) in [7, 11) is 1.52. The topological polar surface area (TPSA) is 92.3 Å². The summed E-state index contributed by atoms with van der Waals surface area (Å²) in [6, 6.07) is 3.08. The number of rotatable bonds is 10. The van der Waals surface area contributed by atoms with E-state index in [2.05, 4.69) is 20.9 Å². The Labute approximate surface area is 212 Å². The van der Waals surface area contributed by atoms with Gasteiger partial charge >= 0.3 is 0 Å². The predicted molar refractivity (Wildman–Crippen MR) is 131 cm³/mol. The zero-order valence-corrected chi connectivity index (χ0v) is 21.1. The number of aromatic nitrogens is 1. The van der Waals surface area contributed by atoms with Gasteiger partial charge in [0.2, 0.25) is 11.8 Å². The number of anilines is 1. The lowest BCUT2D eigenvalue weighted by molar-refractivity contribution is -0.124. The molecule has 2 amide bonds. The van der Waals surface area contributed by atoms with E-state index in [9.17, 15) is 18.4 Å². The van der Waals surface area contributed by atoms with Gasteiger partial charge in [-0.1, -0.05) is 37.3 Å². The highest BCUT2D eigenvalue weighted by Crippen LogP contribution is 2.41. The van der Waals surface area contributed by atoms with E-state index in [1.807, 2.05) is 13.0 Å². The molecule has 0 saturated heterocycles. The second kappa shape index (κ2) is 10.7. The van der Waals surface area contributed by atoms with E-state index in [0.29, 0.717) is 33.8 Å². The van der Waals surface area contributed by atoms with Crippen LogP contribution in [0.3, 0.4) is 0 Å². The van der Waals surface area contributed by atoms with Gasteiger partial charge < -0.3 is 20.7 Å². The van der Waals surface area contributed by atoms with Crippen LogP contribution in [0.5, 0.6) is 5.88 Å². The van der Waals surface area contributed by atoms with Gasteiger partial charge in [-0.05, 0) is 37.5 Å². The van der Waals surface area contributed by atoms with Crippen LogP contribution in [-0.2, 0) is 4.79 Å². The third kappa shape index (κ3) is 6.41. The maximum atomic E-state index is 13.3. The van der Waals surface area contributed by atoms with Gasteiger partial charge in [0.25, 0.3) is 11.8 Å². The molecule has 0 unspecified atom stereocenters. The van der Waals surface area contributed by atoms with Crippen LogP contribution >= 0.6 is 22.9 Å². The number of hydrogen-bond donors (Lipinski definition) is 3. The van der Waals surface area contributed by atoms with Gasteiger partial charge in [-0.2, -0.15) is 0 Å². The molecule has 35 heavy (non-hydrogen) atoms. The Morgan fingerprint density at radius 1 is 1.31 bits per heavy atom. The Morgan fingerprint density at radius 3 is 2.69 bits per heavy atom. The summed E-state index contributed by atoms with van der Waals surface area (Å²) in [4.78, 5) is 31.2. The van der Waals surface area contributed by atoms with Crippen molar-refractivity contribution in [1.82, 2.24) is 15.6 Å². The van der Waals surface area contributed by atoms with Crippen LogP contribution in [0.4, 0.5) is 14.5 Å². The van der Waals surface area contributed by atoms with Crippen LogP contribution in [0.15, 0.2) is 24.4 Å². The lowest BCUT2D eigenvalue weighted by Gasteiger charge is -2.21. The molecule has 190 valence electrons. The van der Waals surface area contributed by atoms with Gasteiger partial charge in [0.05, 0.1) is 34.8 Å². The highest BCUT2D eigenvalue weighted by Gasteiger charge is 2.58. The second-order valence-corrected chi connectivity index (χ2v) is 10.8. The van der Waals surface area contributed by atoms with Crippen molar-refractivity contribution in [2.24, 2.45) is 5.92 Å². The zero-order chi connectivity index (χ0) is 25.2. The van der Waals surface area contributed by atoms with Crippen LogP contribution in [0.2, 0.25) is 5.02 Å². The van der Waals surface area contributed by atoms with Gasteiger partial charge in [0.15, 0.2) is 0 Å². The average molecular weight is 527 g/mol. The van der Waals surface area contributed by atoms with Gasteiger partial charge in [-0.3, -0.25) is 9.59 Å². The van der Waals surface area contributed by atoms with E-state index in [-0.39, 0.29) is 12.5 Å². The fourth-order valence-corrected chi connectivity index (χ4v) is 5.46. The summed E-state index contributed by atoms with van der Waals surface area (Å²) in [6.07, 6.45) is 5.72. The van der Waals surface area contributed by atoms with E-state index >= 15 is 0 Å². The van der Waals surface area contributed by atoms with Crippen molar-refractivity contribution in [2.75, 3.05) is 12.4 Å². The van der Waals surface area contributed by atoms with Crippen molar-refractivity contribution in [3.8, 4) is 5.88 Å². The van der Waals surface area contributed by atoms with Gasteiger partial charge in [0.1, 0.15) is 6.04 Å². The third-order valence-corrected chi connectivity index (χ3v) is 7.94. The van der Waals surface area contributed by atoms with Crippen LogP contribution in [0, 0.1) is 5.92 Å². The summed E-state index contributed by atoms with van der Waals surface area (Å²) >= 11 is 7.34. The number of thiophene rings is 1. The zero-order valence-electron chi connectivity index (χ0n) is 19.6. The Balaban J connectivity index is 1.41. The van der Waals surface area contributed by atoms with Crippen LogP contribution < -0.4 is 20.7 Å². The molecule has 2 aliphatic rings. The minimum absolute atomic E-state index is 0.176. The lowest BCUT2D eigenvalue weighted by Crippen LogP contribution is -2.48. The molecular weight excluding hydrogens is 498 g/mol. The number of halogens is 3. The van der Waals surface area contributed by atoms with Crippen molar-refractivity contribution in [3.05, 3.63) is 39.2 Å². The van der Waals surface area contributed by atoms with Crippen molar-refractivity contribution in [1.29, 1.82) is 0 Å². The number of nitrogens with one attached hydrogen (secondary N) is 3. The molecule has 4 rings (SSSR count). The normalized spacial score (nSPS) is 20.7. The molecule has 2 fully saturated rings. The number of carbonyl (C=O) groups is 2. The smallest absolute Gasteiger partial charge is 0.270 e. The summed E-state index contributed by atoms with van der Waals surface area (Å²) in [6.45, 7) is 1.93. The highest BCUT2D eigenvalue weighted by atomic mass is 35.5. The molecule has 2 aromatic rings. The van der Waals surface area contributed by atoms with Gasteiger partial charge in [-0.15, -0.1) is 11.3 Å². The summed E-state index contributed by atoms with van der Waals surface area (Å²) in [5.41, 5.74) is 0.622. The largest absolute Gasteiger partial charge is 0.480 e. The number of hydrogen-bond acceptors (Lipinski definition) is 6. The molecule has 0 spiro atoms. The van der Waals surface area contributed by atoms with Crippen LogP contribution in [0.25, 0.3) is 0 Å². The molecule has 0 radical (unpaired) electrons. The maximum absolute atomic E-state index is 13.3. The average Bonchev–Trinajstić information content (AvgIpc) is 3.25. The van der Waals surface area contributed by atoms with Gasteiger partial charge in [-0.25, -0.2) is 13.8 Å². The molecule has 0 aliphatic heterocycles. The first kappa shape index (κ1) is 25.6. The molecule has 11 heteroatoms. The second-order valence-electron chi connectivity index (χ2n) is 9.22. The molecule has 2 saturated carbocycles. The number of carbonyl (C=O) groups excluding carboxylic acids is 2. The van der Waals surface area contributed by atoms with Crippen molar-refractivity contribution >= 4 is 40.4 Å². The monoisotopic (exact) mass is 526 g/mol. The number of pyridine rings is 1. The lowest BCUT2D eigenvalue weighted by atomic mass is 9.97. The number of methoxy groups -OCH3 is 1. The van der Waals surface area contributed by atoms with E-state index in [1.54, 1.807) is 12.1 Å². The SMILES string of the molecule is COc1ncc(Cl)cc1N[C@@H](C)c1ccc(C(=O)N[C@@H](CC2CCCC2)C(=O)N[C@H]2CC2(F)F)s1. The summed E-state index contributed by atoms with van der Waals surface area (Å²) < 4.78 is 31.9. The van der Waals surface area contributed by atoms with Gasteiger partial charge in [0, 0.05) is 17.5 Å². The van der Waals surface area contributed by atoms with Crippen molar-refractivity contribution in [3.63, 3.8) is 0 Å². The van der Waals surface area contributed by atoms with E-state index in [1.165, 1.54) is 24.6 Å². The molecule has 2 heterocycles. The first-order valence-electron chi connectivity index (χ1n) is 11.7. The maximum Gasteiger partial charge on any atom is 0.270 e. The highest BCUT2D eigenvalue weighted by molar-refractivity contribution is 7.14. The molecule has 2 aromatic heterocycles. The first-order valence-corrected chi connectivity index (χ1v) is 12.9. The van der Waals surface area contributed by atoms with Crippen LogP contribution in [0.1, 0.15) is 66.0 Å². The van der Waals surface area contributed by atoms with Crippen molar-refractivity contribution in [2.45, 2.75) is 69.5 Å². The Bertz CT molecular complexity index is 1080. The molecule has 3 N–H and O–H groups in total. The van der Waals surface area contributed by atoms with Crippen molar-refractivity contribution < 1.29 is 23.1 Å². The first-order chi connectivity index (χ1) is 16.7. The molecule has 3 atom stereocenters. The Morgan fingerprint density at radius 2 is 2.03 bits per heavy atom. The standard InChI is InChI=1S/C24H29ClF2N4O3S/c1-13(29-17-10-15(25)12-28-23(17)34-2)18-7-8-19(35-18)22(33)30-16(9-14-5-3-4-6-14)21(32)31-20-11-24(20,26)27/h7-8,10,12-14,16,20,29H,3-6,9,11H2,1-2H3,(H,30,33)(H,31,32)/t13-,16-,20-/m0/s1. The molecule has 7 nitrogen and oxygen atoms in total. The number of alkyl halides is 2. The molecular formula is C24H29ClF2N4O3S. The van der Waals surface area contributed by atoms with Crippen LogP contribution in [-0.4, -0.2) is 41.9 Å². The molecule has 0 bridgehead atoms. The van der Waals surface area contributed by atoms with E-state index in [4.69, 9.17) is 16.3 Å². The quantitative estimate of drug-likeness (QED) is 0.397. The number of amides is 2. The predicted octanol–water partition coefficient (Wildman–Crippen LogP) is 5.18. The minimum Gasteiger partial charge on any atom is -0.480 e. The summed E-state index contributed by atoms with van der Waals surface area (Å²) in [5, 5.41) is 8.94. The molecule has 2 aliphatic carbocycles.